The van der Waals surface area contributed by atoms with E-state index < -0.39 is 39.8 Å². The summed E-state index contributed by atoms with van der Waals surface area (Å²) in [5.74, 6) is -3.04. The van der Waals surface area contributed by atoms with E-state index in [2.05, 4.69) is 5.32 Å². The standard InChI is InChI=1S/C22H22N2O6S/c25-21(19-17-9-10-18(30-17)20(19)22(26)27)23-14-5-7-15(8-6-14)31(28,29)24-12-11-13-3-1-2-4-16(13)24/h1-8,17-20H,9-12H2,(H,23,25)(H,26,27)/t17-,18+,19+,20-/m1/s1. The molecular formula is C22H22N2O6S. The number of amides is 1. The molecule has 9 heteroatoms. The van der Waals surface area contributed by atoms with Gasteiger partial charge in [0.05, 0.1) is 34.6 Å². The van der Waals surface area contributed by atoms with Gasteiger partial charge in [0.2, 0.25) is 5.91 Å². The van der Waals surface area contributed by atoms with Crippen molar-refractivity contribution in [3.63, 3.8) is 0 Å². The average molecular weight is 442 g/mol. The van der Waals surface area contributed by atoms with Crippen molar-refractivity contribution in [1.29, 1.82) is 0 Å². The van der Waals surface area contributed by atoms with Crippen molar-refractivity contribution in [3.8, 4) is 0 Å². The van der Waals surface area contributed by atoms with Crippen molar-refractivity contribution in [1.82, 2.24) is 0 Å². The van der Waals surface area contributed by atoms with Gasteiger partial charge in [-0.25, -0.2) is 8.42 Å². The summed E-state index contributed by atoms with van der Waals surface area (Å²) < 4.78 is 33.2. The van der Waals surface area contributed by atoms with Crippen LogP contribution in [0.3, 0.4) is 0 Å². The van der Waals surface area contributed by atoms with Gasteiger partial charge in [-0.2, -0.15) is 0 Å². The molecule has 0 aromatic heterocycles. The number of rotatable bonds is 5. The van der Waals surface area contributed by atoms with Gasteiger partial charge in [0.1, 0.15) is 0 Å². The Balaban J connectivity index is 1.33. The number of hydrogen-bond donors (Lipinski definition) is 2. The van der Waals surface area contributed by atoms with Gasteiger partial charge in [-0.05, 0) is 55.2 Å². The first-order valence-corrected chi connectivity index (χ1v) is 11.7. The molecule has 3 aliphatic heterocycles. The molecular weight excluding hydrogens is 420 g/mol. The van der Waals surface area contributed by atoms with Crippen molar-refractivity contribution in [3.05, 3.63) is 54.1 Å². The monoisotopic (exact) mass is 442 g/mol. The zero-order chi connectivity index (χ0) is 21.8. The van der Waals surface area contributed by atoms with Crippen LogP contribution in [-0.2, 0) is 30.8 Å². The Morgan fingerprint density at radius 3 is 2.39 bits per heavy atom. The SMILES string of the molecule is O=C(Nc1ccc(S(=O)(=O)N2CCc3ccccc32)cc1)[C@@H]1[C@H](C(=O)O)[C@@H]2CC[C@H]1O2. The van der Waals surface area contributed by atoms with E-state index in [-0.39, 0.29) is 11.0 Å². The van der Waals surface area contributed by atoms with Crippen LogP contribution in [0.15, 0.2) is 53.4 Å². The predicted molar refractivity (Wildman–Crippen MR) is 112 cm³/mol. The fourth-order valence-corrected chi connectivity index (χ4v) is 6.45. The van der Waals surface area contributed by atoms with E-state index >= 15 is 0 Å². The first-order valence-electron chi connectivity index (χ1n) is 10.3. The van der Waals surface area contributed by atoms with E-state index in [0.29, 0.717) is 37.2 Å². The van der Waals surface area contributed by atoms with Crippen LogP contribution in [0, 0.1) is 11.8 Å². The molecule has 1 amide bonds. The number of carbonyl (C=O) groups excluding carboxylic acids is 1. The van der Waals surface area contributed by atoms with Gasteiger partial charge in [0, 0.05) is 12.2 Å². The third kappa shape index (κ3) is 3.28. The number of fused-ring (bicyclic) bond motifs is 3. The smallest absolute Gasteiger partial charge is 0.310 e. The maximum absolute atomic E-state index is 13.1. The largest absolute Gasteiger partial charge is 0.481 e. The van der Waals surface area contributed by atoms with E-state index in [1.807, 2.05) is 18.2 Å². The number of hydrogen-bond acceptors (Lipinski definition) is 5. The first-order chi connectivity index (χ1) is 14.9. The molecule has 2 bridgehead atoms. The zero-order valence-electron chi connectivity index (χ0n) is 16.6. The van der Waals surface area contributed by atoms with Gasteiger partial charge in [-0.15, -0.1) is 0 Å². The van der Waals surface area contributed by atoms with Crippen LogP contribution in [0.5, 0.6) is 0 Å². The minimum absolute atomic E-state index is 0.133. The molecule has 2 aromatic carbocycles. The molecule has 2 fully saturated rings. The van der Waals surface area contributed by atoms with Gasteiger partial charge >= 0.3 is 5.97 Å². The summed E-state index contributed by atoms with van der Waals surface area (Å²) in [5.41, 5.74) is 2.10. The topological polar surface area (TPSA) is 113 Å². The predicted octanol–water partition coefficient (Wildman–Crippen LogP) is 2.25. The number of ether oxygens (including phenoxy) is 1. The summed E-state index contributed by atoms with van der Waals surface area (Å²) >= 11 is 0. The highest BCUT2D eigenvalue weighted by molar-refractivity contribution is 7.92. The average Bonchev–Trinajstić information content (AvgIpc) is 3.48. The van der Waals surface area contributed by atoms with E-state index in [1.165, 1.54) is 28.6 Å². The number of anilines is 2. The third-order valence-electron chi connectivity index (χ3n) is 6.42. The number of nitrogens with one attached hydrogen (secondary N) is 1. The Hall–Kier alpha value is -2.91. The summed E-state index contributed by atoms with van der Waals surface area (Å²) in [6.45, 7) is 0.390. The van der Waals surface area contributed by atoms with Crippen molar-refractivity contribution >= 4 is 33.3 Å². The van der Waals surface area contributed by atoms with Crippen molar-refractivity contribution in [2.45, 2.75) is 36.4 Å². The maximum atomic E-state index is 13.1. The van der Waals surface area contributed by atoms with E-state index in [1.54, 1.807) is 6.07 Å². The highest BCUT2D eigenvalue weighted by Crippen LogP contribution is 2.44. The number of carbonyl (C=O) groups is 2. The molecule has 0 aliphatic carbocycles. The highest BCUT2D eigenvalue weighted by Gasteiger charge is 2.55. The quantitative estimate of drug-likeness (QED) is 0.734. The Bertz CT molecular complexity index is 1150. The van der Waals surface area contributed by atoms with Crippen LogP contribution in [0.25, 0.3) is 0 Å². The molecule has 0 spiro atoms. The Morgan fingerprint density at radius 2 is 1.68 bits per heavy atom. The molecule has 8 nitrogen and oxygen atoms in total. The lowest BCUT2D eigenvalue weighted by Gasteiger charge is -2.24. The number of benzene rings is 2. The van der Waals surface area contributed by atoms with Crippen molar-refractivity contribution in [2.24, 2.45) is 11.8 Å². The molecule has 0 saturated carbocycles. The second-order valence-corrected chi connectivity index (χ2v) is 10.0. The number of aliphatic carboxylic acids is 1. The van der Waals surface area contributed by atoms with E-state index in [0.717, 1.165) is 5.56 Å². The molecule has 0 unspecified atom stereocenters. The van der Waals surface area contributed by atoms with Crippen LogP contribution >= 0.6 is 0 Å². The second kappa shape index (κ2) is 7.35. The number of nitrogens with zero attached hydrogens (tertiary/aromatic N) is 1. The summed E-state index contributed by atoms with van der Waals surface area (Å²) in [6, 6.07) is 13.4. The van der Waals surface area contributed by atoms with Crippen molar-refractivity contribution < 1.29 is 27.9 Å². The molecule has 5 rings (SSSR count). The molecule has 2 aromatic rings. The molecule has 3 heterocycles. The third-order valence-corrected chi connectivity index (χ3v) is 8.24. The van der Waals surface area contributed by atoms with Gasteiger partial charge < -0.3 is 15.2 Å². The molecule has 2 saturated heterocycles. The zero-order valence-corrected chi connectivity index (χ0v) is 17.4. The lowest BCUT2D eigenvalue weighted by Crippen LogP contribution is -2.40. The van der Waals surface area contributed by atoms with Gasteiger partial charge in [0.15, 0.2) is 0 Å². The fourth-order valence-electron chi connectivity index (χ4n) is 4.95. The van der Waals surface area contributed by atoms with Crippen molar-refractivity contribution in [2.75, 3.05) is 16.2 Å². The summed E-state index contributed by atoms with van der Waals surface area (Å²) in [4.78, 5) is 24.5. The van der Waals surface area contributed by atoms with Gasteiger partial charge in [0.25, 0.3) is 10.0 Å². The minimum atomic E-state index is -3.72. The lowest BCUT2D eigenvalue weighted by atomic mass is 9.78. The summed E-state index contributed by atoms with van der Waals surface area (Å²) in [7, 11) is -3.72. The Labute approximate surface area is 179 Å². The molecule has 4 atom stereocenters. The fraction of sp³-hybridized carbons (Fsp3) is 0.364. The molecule has 31 heavy (non-hydrogen) atoms. The molecule has 162 valence electrons. The number of carboxylic acid groups (broad SMARTS) is 1. The number of carboxylic acids is 1. The van der Waals surface area contributed by atoms with Gasteiger partial charge in [-0.3, -0.25) is 13.9 Å². The Morgan fingerprint density at radius 1 is 1.00 bits per heavy atom. The van der Waals surface area contributed by atoms with Crippen LogP contribution in [0.2, 0.25) is 0 Å². The first kappa shape index (κ1) is 20.0. The summed E-state index contributed by atoms with van der Waals surface area (Å²) in [5, 5.41) is 12.2. The van der Waals surface area contributed by atoms with E-state index in [4.69, 9.17) is 4.74 Å². The molecule has 3 aliphatic rings. The van der Waals surface area contributed by atoms with E-state index in [9.17, 15) is 23.1 Å². The van der Waals surface area contributed by atoms with Crippen LogP contribution in [0.1, 0.15) is 18.4 Å². The maximum Gasteiger partial charge on any atom is 0.310 e. The van der Waals surface area contributed by atoms with Crippen LogP contribution in [-0.4, -0.2) is 44.2 Å². The number of sulfonamides is 1. The Kier molecular flexibility index (Phi) is 4.75. The summed E-state index contributed by atoms with van der Waals surface area (Å²) in [6.07, 6.45) is 1.17. The highest BCUT2D eigenvalue weighted by atomic mass is 32.2. The second-order valence-electron chi connectivity index (χ2n) is 8.15. The minimum Gasteiger partial charge on any atom is -0.481 e. The molecule has 2 N–H and O–H groups in total. The number of para-hydroxylation sites is 1. The molecule has 0 radical (unpaired) electrons. The van der Waals surface area contributed by atoms with Crippen LogP contribution in [0.4, 0.5) is 11.4 Å². The van der Waals surface area contributed by atoms with Crippen LogP contribution < -0.4 is 9.62 Å². The lowest BCUT2D eigenvalue weighted by molar-refractivity contribution is -0.147. The normalized spacial score (nSPS) is 26.6. The van der Waals surface area contributed by atoms with Gasteiger partial charge in [-0.1, -0.05) is 18.2 Å².